The molecule has 5 atom stereocenters. The minimum absolute atomic E-state index is 0.0604. The molecule has 0 spiro atoms. The molecule has 3 saturated heterocycles. The molecule has 3 heterocycles. The van der Waals surface area contributed by atoms with Gasteiger partial charge in [0.25, 0.3) is 10.1 Å². The van der Waals surface area contributed by atoms with Crippen molar-refractivity contribution in [2.45, 2.75) is 48.9 Å². The Balaban J connectivity index is 1.69. The maximum absolute atomic E-state index is 12.4. The number of fused-ring (bicyclic) bond motifs is 1. The monoisotopic (exact) mass is 390 g/mol. The smallest absolute Gasteiger partial charge is 0.344 e. The number of hydrogen-bond donors (Lipinski definition) is 0. The predicted molar refractivity (Wildman–Crippen MR) is 82.1 cm³/mol. The lowest BCUT2D eigenvalue weighted by molar-refractivity contribution is -0.164. The molecule has 0 amide bonds. The molecule has 144 valence electrons. The van der Waals surface area contributed by atoms with Crippen LogP contribution < -0.4 is 0 Å². The first-order valence-corrected chi connectivity index (χ1v) is 9.19. The van der Waals surface area contributed by atoms with E-state index in [-0.39, 0.29) is 12.0 Å². The van der Waals surface area contributed by atoms with Gasteiger partial charge in [0.1, 0.15) is 17.0 Å². The van der Waals surface area contributed by atoms with Crippen molar-refractivity contribution in [1.29, 1.82) is 0 Å². The quantitative estimate of drug-likeness (QED) is 0.246. The number of carbonyl (C=O) groups excluding carboxylic acids is 3. The third-order valence-electron chi connectivity index (χ3n) is 4.72. The van der Waals surface area contributed by atoms with E-state index in [4.69, 9.17) is 13.7 Å². The molecule has 0 aliphatic carbocycles. The van der Waals surface area contributed by atoms with E-state index < -0.39 is 70.2 Å². The van der Waals surface area contributed by atoms with Crippen molar-refractivity contribution in [1.82, 2.24) is 0 Å². The van der Waals surface area contributed by atoms with Crippen LogP contribution in [0.25, 0.3) is 0 Å². The molecule has 0 radical (unpaired) electrons. The highest BCUT2D eigenvalue weighted by Crippen LogP contribution is 2.56. The van der Waals surface area contributed by atoms with Gasteiger partial charge in [-0.3, -0.25) is 8.98 Å². The van der Waals surface area contributed by atoms with Gasteiger partial charge in [0.15, 0.2) is 12.7 Å². The zero-order valence-electron chi connectivity index (χ0n) is 14.1. The van der Waals surface area contributed by atoms with Crippen LogP contribution in [0.4, 0.5) is 0 Å². The van der Waals surface area contributed by atoms with E-state index in [0.29, 0.717) is 0 Å². The van der Waals surface area contributed by atoms with E-state index in [2.05, 4.69) is 16.1 Å². The number of carbonyl (C=O) groups is 3. The van der Waals surface area contributed by atoms with Gasteiger partial charge < -0.3 is 18.9 Å². The Labute approximate surface area is 149 Å². The van der Waals surface area contributed by atoms with E-state index >= 15 is 0 Å². The summed E-state index contributed by atoms with van der Waals surface area (Å²) in [5, 5.41) is 0. The maximum atomic E-state index is 12.4. The van der Waals surface area contributed by atoms with Crippen LogP contribution in [0.1, 0.15) is 19.8 Å². The highest BCUT2D eigenvalue weighted by Gasteiger charge is 2.76. The van der Waals surface area contributed by atoms with Crippen molar-refractivity contribution in [3.05, 3.63) is 12.2 Å². The molecule has 2 bridgehead atoms. The van der Waals surface area contributed by atoms with Crippen molar-refractivity contribution in [3.63, 3.8) is 0 Å². The lowest BCUT2D eigenvalue weighted by Crippen LogP contribution is -2.50. The van der Waals surface area contributed by atoms with Crippen molar-refractivity contribution in [2.75, 3.05) is 13.7 Å². The molecule has 0 aromatic heterocycles. The fourth-order valence-electron chi connectivity index (χ4n) is 3.52. The Bertz CT molecular complexity index is 771. The molecule has 3 aliphatic heterocycles. The molecule has 3 rings (SSSR count). The molecule has 3 aliphatic rings. The Hall–Kier alpha value is -1.98. The summed E-state index contributed by atoms with van der Waals surface area (Å²) in [4.78, 5) is 34.8. The number of methoxy groups -OCH3 is 1. The molecule has 26 heavy (non-hydrogen) atoms. The average molecular weight is 390 g/mol. The van der Waals surface area contributed by atoms with Gasteiger partial charge in [0.2, 0.25) is 0 Å². The molecule has 0 aromatic rings. The molecule has 0 aromatic carbocycles. The molecular weight excluding hydrogens is 372 g/mol. The zero-order chi connectivity index (χ0) is 19.3. The highest BCUT2D eigenvalue weighted by molar-refractivity contribution is 7.88. The Morgan fingerprint density at radius 3 is 2.58 bits per heavy atom. The molecule has 11 heteroatoms. The molecule has 3 fully saturated rings. The number of ether oxygens (including phenoxy) is 4. The third kappa shape index (κ3) is 2.79. The predicted octanol–water partition coefficient (Wildman–Crippen LogP) is -0.781. The Kier molecular flexibility index (Phi) is 4.57. The fraction of sp³-hybridized carbons (Fsp3) is 0.667. The van der Waals surface area contributed by atoms with Crippen LogP contribution in [0.5, 0.6) is 0 Å². The van der Waals surface area contributed by atoms with Crippen LogP contribution >= 0.6 is 0 Å². The lowest BCUT2D eigenvalue weighted by atomic mass is 9.82. The summed E-state index contributed by atoms with van der Waals surface area (Å²) in [5.74, 6) is -2.32. The molecule has 0 N–H and O–H groups in total. The van der Waals surface area contributed by atoms with Crippen molar-refractivity contribution in [3.8, 4) is 0 Å². The van der Waals surface area contributed by atoms with Gasteiger partial charge >= 0.3 is 17.9 Å². The van der Waals surface area contributed by atoms with Gasteiger partial charge in [0, 0.05) is 12.0 Å². The van der Waals surface area contributed by atoms with Crippen LogP contribution in [0.2, 0.25) is 0 Å². The summed E-state index contributed by atoms with van der Waals surface area (Å²) >= 11 is 0. The number of esters is 3. The minimum atomic E-state index is -4.12. The molecule has 5 unspecified atom stereocenters. The summed E-state index contributed by atoms with van der Waals surface area (Å²) < 4.78 is 48.5. The SMILES string of the molecule is C=C(C)C(=O)OCC(=O)OC1C2CC3(CC(=O)OC)C(O2)C1OS3(=O)=O. The molecule has 10 nitrogen and oxygen atoms in total. The average Bonchev–Trinajstić information content (AvgIpc) is 3.13. The van der Waals surface area contributed by atoms with Crippen LogP contribution in [-0.4, -0.2) is 69.2 Å². The van der Waals surface area contributed by atoms with E-state index in [1.165, 1.54) is 6.92 Å². The van der Waals surface area contributed by atoms with Gasteiger partial charge in [-0.2, -0.15) is 8.42 Å². The maximum Gasteiger partial charge on any atom is 0.344 e. The Morgan fingerprint density at radius 2 is 1.96 bits per heavy atom. The van der Waals surface area contributed by atoms with Crippen LogP contribution in [0.15, 0.2) is 12.2 Å². The van der Waals surface area contributed by atoms with Crippen LogP contribution in [0.3, 0.4) is 0 Å². The summed E-state index contributed by atoms with van der Waals surface area (Å²) in [6.07, 6.45) is -4.17. The topological polar surface area (TPSA) is 132 Å². The second-order valence-electron chi connectivity index (χ2n) is 6.44. The first kappa shape index (κ1) is 18.8. The first-order valence-electron chi connectivity index (χ1n) is 7.78. The summed E-state index contributed by atoms with van der Waals surface area (Å²) in [6.45, 7) is 4.16. The van der Waals surface area contributed by atoms with E-state index in [0.717, 1.165) is 7.11 Å². The van der Waals surface area contributed by atoms with Crippen molar-refractivity contribution < 1.29 is 45.9 Å². The minimum Gasteiger partial charge on any atom is -0.469 e. The van der Waals surface area contributed by atoms with Gasteiger partial charge in [-0.15, -0.1) is 0 Å². The second kappa shape index (κ2) is 6.32. The lowest BCUT2D eigenvalue weighted by Gasteiger charge is -2.28. The van der Waals surface area contributed by atoms with Crippen molar-refractivity contribution >= 4 is 28.0 Å². The largest absolute Gasteiger partial charge is 0.469 e. The van der Waals surface area contributed by atoms with E-state index in [9.17, 15) is 22.8 Å². The van der Waals surface area contributed by atoms with Crippen LogP contribution in [0, 0.1) is 0 Å². The van der Waals surface area contributed by atoms with Crippen LogP contribution in [-0.2, 0) is 47.6 Å². The number of hydrogen-bond acceptors (Lipinski definition) is 10. The van der Waals surface area contributed by atoms with E-state index in [1.807, 2.05) is 0 Å². The second-order valence-corrected chi connectivity index (χ2v) is 8.36. The number of rotatable bonds is 6. The summed E-state index contributed by atoms with van der Waals surface area (Å²) in [7, 11) is -2.96. The zero-order valence-corrected chi connectivity index (χ0v) is 14.9. The van der Waals surface area contributed by atoms with Gasteiger partial charge in [-0.05, 0) is 6.92 Å². The van der Waals surface area contributed by atoms with Gasteiger partial charge in [-0.1, -0.05) is 6.58 Å². The molecule has 0 saturated carbocycles. The van der Waals surface area contributed by atoms with E-state index in [1.54, 1.807) is 0 Å². The summed E-state index contributed by atoms with van der Waals surface area (Å²) in [5.41, 5.74) is 0.124. The Morgan fingerprint density at radius 1 is 1.27 bits per heavy atom. The normalized spacial score (nSPS) is 35.8. The standard InChI is InChI=1S/C15H18O10S/c1-7(2)14(18)22-6-10(17)24-11-8-4-15(5-9(16)21-3)13(23-8)12(11)25-26(15,19)20/h8,11-13H,1,4-6H2,2-3H3. The molecular formula is C15H18O10S. The van der Waals surface area contributed by atoms with Gasteiger partial charge in [-0.25, -0.2) is 9.59 Å². The third-order valence-corrected chi connectivity index (χ3v) is 6.73. The van der Waals surface area contributed by atoms with Crippen molar-refractivity contribution in [2.24, 2.45) is 0 Å². The fourth-order valence-corrected chi connectivity index (χ4v) is 5.35. The summed E-state index contributed by atoms with van der Waals surface area (Å²) in [6, 6.07) is 0. The van der Waals surface area contributed by atoms with Gasteiger partial charge in [0.05, 0.1) is 19.6 Å². The highest BCUT2D eigenvalue weighted by atomic mass is 32.2. The first-order chi connectivity index (χ1) is 12.1.